The maximum absolute atomic E-state index is 13.8. The van der Waals surface area contributed by atoms with Gasteiger partial charge in [-0.15, -0.1) is 4.40 Å². The molecule has 4 rings (SSSR count). The predicted octanol–water partition coefficient (Wildman–Crippen LogP) is 1.52. The molecule has 1 amide bonds. The number of primary amides is 1. The van der Waals surface area contributed by atoms with Crippen LogP contribution in [0.15, 0.2) is 57.3 Å². The third-order valence-electron chi connectivity index (χ3n) is 6.11. The van der Waals surface area contributed by atoms with Crippen LogP contribution in [0, 0.1) is 0 Å². The zero-order chi connectivity index (χ0) is 24.7. The van der Waals surface area contributed by atoms with E-state index in [1.807, 2.05) is 26.0 Å². The number of Topliss-reactive ketones (excluding diaryl/α,β-unsaturated/α-hetero) is 1. The first-order valence-corrected chi connectivity index (χ1v) is 12.4. The van der Waals surface area contributed by atoms with E-state index in [1.54, 1.807) is 12.1 Å². The molecule has 0 saturated carbocycles. The van der Waals surface area contributed by atoms with Gasteiger partial charge in [-0.2, -0.15) is 0 Å². The molecule has 0 aromatic heterocycles. The molecule has 0 bridgehead atoms. The van der Waals surface area contributed by atoms with Gasteiger partial charge in [0.15, 0.2) is 18.2 Å². The predicted molar refractivity (Wildman–Crippen MR) is 132 cm³/mol. The normalized spacial score (nSPS) is 21.0. The number of hydrogen-bond acceptors (Lipinski definition) is 8. The fourth-order valence-electron chi connectivity index (χ4n) is 4.32. The molecule has 182 valence electrons. The van der Waals surface area contributed by atoms with Crippen LogP contribution in [0.25, 0.3) is 5.76 Å². The number of aliphatic hydroxyl groups is 1. The van der Waals surface area contributed by atoms with E-state index in [1.165, 1.54) is 18.2 Å². The molecule has 1 unspecified atom stereocenters. The summed E-state index contributed by atoms with van der Waals surface area (Å²) in [6, 6.07) is 11.6. The smallest absolute Gasteiger partial charge is 1.00 e. The summed E-state index contributed by atoms with van der Waals surface area (Å²) >= 11 is 0. The van der Waals surface area contributed by atoms with Crippen molar-refractivity contribution in [2.24, 2.45) is 10.1 Å². The van der Waals surface area contributed by atoms with E-state index >= 15 is 0 Å². The number of rotatable bonds is 7. The first-order valence-electron chi connectivity index (χ1n) is 10.9. The third kappa shape index (κ3) is 5.00. The number of ether oxygens (including phenoxy) is 1. The van der Waals surface area contributed by atoms with E-state index in [2.05, 4.69) is 9.71 Å². The molecule has 6 N–H and O–H groups in total. The minimum absolute atomic E-state index is 0. The second-order valence-electron chi connectivity index (χ2n) is 8.53. The fraction of sp³-hybridized carbons (Fsp3) is 0.292. The van der Waals surface area contributed by atoms with Crippen LogP contribution in [0.5, 0.6) is 5.75 Å². The van der Waals surface area contributed by atoms with Crippen molar-refractivity contribution in [3.05, 3.63) is 59.2 Å². The van der Waals surface area contributed by atoms with Gasteiger partial charge in [0.05, 0.1) is 11.1 Å². The molecule has 1 heterocycles. The van der Waals surface area contributed by atoms with Crippen LogP contribution in [-0.4, -0.2) is 38.3 Å². The summed E-state index contributed by atoms with van der Waals surface area (Å²) in [5.74, 6) is -1.19. The van der Waals surface area contributed by atoms with Crippen molar-refractivity contribution in [2.45, 2.75) is 43.4 Å². The van der Waals surface area contributed by atoms with Crippen molar-refractivity contribution in [3.8, 4) is 5.75 Å². The first-order chi connectivity index (χ1) is 16.1. The average Bonchev–Trinajstić information content (AvgIpc) is 2.80. The van der Waals surface area contributed by atoms with Crippen molar-refractivity contribution in [3.63, 3.8) is 0 Å². The molecule has 35 heavy (non-hydrogen) atoms. The van der Waals surface area contributed by atoms with Gasteiger partial charge >= 0.3 is 29.6 Å². The summed E-state index contributed by atoms with van der Waals surface area (Å²) in [5, 5.41) is 14.1. The monoisotopic (exact) mass is 509 g/mol. The van der Waals surface area contributed by atoms with Crippen LogP contribution in [0.1, 0.15) is 45.7 Å². The van der Waals surface area contributed by atoms with Crippen molar-refractivity contribution in [1.29, 1.82) is 0 Å². The Morgan fingerprint density at radius 2 is 1.97 bits per heavy atom. The molecule has 0 spiro atoms. The molecule has 11 heteroatoms. The minimum Gasteiger partial charge on any atom is -1.00 e. The Morgan fingerprint density at radius 3 is 2.66 bits per heavy atom. The third-order valence-corrected chi connectivity index (χ3v) is 7.47. The van der Waals surface area contributed by atoms with Gasteiger partial charge in [-0.1, -0.05) is 54.8 Å². The maximum Gasteiger partial charge on any atom is 1.00 e. The van der Waals surface area contributed by atoms with Gasteiger partial charge in [0.1, 0.15) is 22.0 Å². The molecular weight excluding hydrogens is 481 g/mol. The van der Waals surface area contributed by atoms with E-state index in [0.717, 1.165) is 18.4 Å². The second-order valence-corrected chi connectivity index (χ2v) is 10.2. The van der Waals surface area contributed by atoms with Gasteiger partial charge in [-0.25, -0.2) is 0 Å². The van der Waals surface area contributed by atoms with Crippen LogP contribution in [0.4, 0.5) is 5.69 Å². The summed E-state index contributed by atoms with van der Waals surface area (Å²) in [6.07, 6.45) is 2.26. The minimum atomic E-state index is -3.75. The molecule has 2 aromatic rings. The van der Waals surface area contributed by atoms with Crippen LogP contribution in [0.3, 0.4) is 0 Å². The second kappa shape index (κ2) is 10.3. The number of nitrogens with one attached hydrogen (secondary N) is 1. The van der Waals surface area contributed by atoms with Gasteiger partial charge in [0.25, 0.3) is 5.91 Å². The van der Waals surface area contributed by atoms with Gasteiger partial charge in [0.2, 0.25) is 0 Å². The van der Waals surface area contributed by atoms with Crippen molar-refractivity contribution in [1.82, 2.24) is 0 Å². The standard InChI is InChI=1S/C24H27N3O6S.Na.H/c1-3-4-11-24(2)16-8-6-5-7-15(16)21(29)20(22(24)30)23-26-17-10-9-14(33-13-19(25)28)12-18(17)34(31,32)27-23;;/h5-10,12,29,31-32H,3-4,11,13H2,1-2H3,(H2,25,28)(H,26,27);;/q;+1;-1. The molecule has 1 aliphatic heterocycles. The maximum atomic E-state index is 13.8. The number of nitrogens with zero attached hydrogens (tertiary/aromatic N) is 1. The number of unbranched alkanes of at least 4 members (excludes halogenated alkanes) is 1. The summed E-state index contributed by atoms with van der Waals surface area (Å²) < 4.78 is 30.9. The van der Waals surface area contributed by atoms with E-state index in [0.29, 0.717) is 17.7 Å². The van der Waals surface area contributed by atoms with Crippen LogP contribution < -0.4 is 45.3 Å². The summed E-state index contributed by atoms with van der Waals surface area (Å²) in [7, 11) is -3.75. The topological polar surface area (TPSA) is 154 Å². The number of amidine groups is 1. The Hall–Kier alpha value is -2.34. The number of hydrogen-bond donors (Lipinski definition) is 5. The summed E-state index contributed by atoms with van der Waals surface area (Å²) in [4.78, 5) is 24.8. The summed E-state index contributed by atoms with van der Waals surface area (Å²) in [6.45, 7) is 3.51. The van der Waals surface area contributed by atoms with E-state index in [9.17, 15) is 23.8 Å². The Bertz CT molecular complexity index is 1250. The number of ketones is 1. The Morgan fingerprint density at radius 1 is 1.26 bits per heavy atom. The summed E-state index contributed by atoms with van der Waals surface area (Å²) in [5.41, 5.74) is 5.63. The Labute approximate surface area is 228 Å². The number of nitrogens with two attached hydrogens (primary N) is 1. The van der Waals surface area contributed by atoms with E-state index < -0.39 is 22.1 Å². The van der Waals surface area contributed by atoms with Crippen LogP contribution in [0.2, 0.25) is 0 Å². The van der Waals surface area contributed by atoms with Gasteiger partial charge in [-0.05, 0) is 31.0 Å². The molecule has 0 fully saturated rings. The fourth-order valence-corrected chi connectivity index (χ4v) is 5.50. The number of fused-ring (bicyclic) bond motifs is 2. The van der Waals surface area contributed by atoms with Gasteiger partial charge in [0, 0.05) is 11.6 Å². The number of carbonyl (C=O) groups is 2. The van der Waals surface area contributed by atoms with E-state index in [-0.39, 0.29) is 71.2 Å². The molecule has 9 nitrogen and oxygen atoms in total. The number of amides is 1. The van der Waals surface area contributed by atoms with Gasteiger partial charge < -0.3 is 22.3 Å². The zero-order valence-corrected chi connectivity index (χ0v) is 22.7. The molecule has 2 aliphatic rings. The SMILES string of the molecule is CCCCC1(C)C(=O)C(C2=NS(O)(O)c3cc(OCC(N)=O)ccc3N2)=C(O)c2ccccc21.[H-].[Na+]. The quantitative estimate of drug-likeness (QED) is 0.355. The van der Waals surface area contributed by atoms with Crippen molar-refractivity contribution < 1.29 is 59.5 Å². The van der Waals surface area contributed by atoms with Gasteiger partial charge in [-0.3, -0.25) is 18.7 Å². The van der Waals surface area contributed by atoms with Crippen molar-refractivity contribution >= 4 is 39.7 Å². The molecule has 1 aliphatic carbocycles. The van der Waals surface area contributed by atoms with E-state index in [4.69, 9.17) is 10.5 Å². The molecule has 0 radical (unpaired) electrons. The Balaban J connectivity index is 0.00000228. The van der Waals surface area contributed by atoms with Crippen LogP contribution in [-0.2, 0) is 15.0 Å². The number of anilines is 1. The number of aliphatic hydroxyl groups excluding tert-OH is 1. The molecule has 1 atom stereocenters. The van der Waals surface area contributed by atoms with Crippen LogP contribution >= 0.6 is 10.8 Å². The zero-order valence-electron chi connectivity index (χ0n) is 20.9. The van der Waals surface area contributed by atoms with Crippen molar-refractivity contribution in [2.75, 3.05) is 11.9 Å². The average molecular weight is 510 g/mol. The molecule has 2 aromatic carbocycles. The molecule has 0 saturated heterocycles. The molecular formula is C24H28N3NaO6S. The first kappa shape index (κ1) is 27.3. The Kier molecular flexibility index (Phi) is 8.05. The largest absolute Gasteiger partial charge is 1.00 e. The number of benzene rings is 2. The number of carbonyl (C=O) groups excluding carboxylic acids is 2.